The zero-order valence-corrected chi connectivity index (χ0v) is 12.8. The number of rotatable bonds is 5. The molecule has 1 aliphatic rings. The maximum absolute atomic E-state index is 9.14. The molecule has 1 aromatic heterocycles. The molecule has 0 aliphatic carbocycles. The van der Waals surface area contributed by atoms with Crippen LogP contribution in [-0.4, -0.2) is 29.5 Å². The predicted octanol–water partition coefficient (Wildman–Crippen LogP) is 3.36. The Labute approximate surface area is 131 Å². The number of hydrogen-bond donors (Lipinski definition) is 0. The molecular weight excluding hydrogens is 284 g/mol. The minimum Gasteiger partial charge on any atom is -0.302 e. The van der Waals surface area contributed by atoms with E-state index in [1.807, 2.05) is 12.1 Å². The van der Waals surface area contributed by atoms with Crippen LogP contribution in [-0.2, 0) is 0 Å². The number of aromatic nitrogens is 1. The molecule has 0 aromatic carbocycles. The Morgan fingerprint density at radius 2 is 2.14 bits per heavy atom. The lowest BCUT2D eigenvalue weighted by atomic mass is 9.92. The van der Waals surface area contributed by atoms with Crippen molar-refractivity contribution in [2.24, 2.45) is 5.92 Å². The van der Waals surface area contributed by atoms with Gasteiger partial charge < -0.3 is 4.90 Å². The molecule has 1 aromatic rings. The molecule has 5 heteroatoms. The summed E-state index contributed by atoms with van der Waals surface area (Å²) in [7, 11) is 0. The summed E-state index contributed by atoms with van der Waals surface area (Å²) in [6.45, 7) is 2.69. The molecular formula is C16H19ClN4. The van der Waals surface area contributed by atoms with Crippen molar-refractivity contribution >= 4 is 11.6 Å². The number of hydrogen-bond acceptors (Lipinski definition) is 4. The molecule has 2 rings (SSSR count). The average molecular weight is 303 g/mol. The van der Waals surface area contributed by atoms with Crippen LogP contribution in [0, 0.1) is 28.6 Å². The summed E-state index contributed by atoms with van der Waals surface area (Å²) in [5, 5.41) is 18.5. The van der Waals surface area contributed by atoms with Gasteiger partial charge in [0, 0.05) is 25.1 Å². The molecule has 4 nitrogen and oxygen atoms in total. The fourth-order valence-corrected chi connectivity index (χ4v) is 3.11. The Kier molecular flexibility index (Phi) is 5.99. The first-order valence-corrected chi connectivity index (χ1v) is 7.71. The molecule has 2 heterocycles. The third-order valence-corrected chi connectivity index (χ3v) is 4.35. The summed E-state index contributed by atoms with van der Waals surface area (Å²) in [6, 6.07) is 8.17. The van der Waals surface area contributed by atoms with Crippen molar-refractivity contribution in [3.8, 4) is 12.1 Å². The van der Waals surface area contributed by atoms with Crippen LogP contribution in [0.25, 0.3) is 0 Å². The Morgan fingerprint density at radius 3 is 2.76 bits per heavy atom. The number of pyridine rings is 1. The zero-order chi connectivity index (χ0) is 15.1. The van der Waals surface area contributed by atoms with Gasteiger partial charge in [0.2, 0.25) is 0 Å². The minimum absolute atomic E-state index is 0.0420. The number of halogens is 1. The van der Waals surface area contributed by atoms with Gasteiger partial charge in [-0.3, -0.25) is 4.98 Å². The molecule has 0 spiro atoms. The van der Waals surface area contributed by atoms with Crippen molar-refractivity contribution in [2.75, 3.05) is 19.6 Å². The van der Waals surface area contributed by atoms with E-state index in [0.29, 0.717) is 18.8 Å². The first-order chi connectivity index (χ1) is 10.2. The number of nitrogens with zero attached hydrogens (tertiary/aromatic N) is 4. The van der Waals surface area contributed by atoms with E-state index in [1.54, 1.807) is 6.20 Å². The molecule has 1 atom stereocenters. The molecule has 1 aliphatic heterocycles. The second-order valence-corrected chi connectivity index (χ2v) is 5.88. The lowest BCUT2D eigenvalue weighted by molar-refractivity contribution is 0.192. The molecule has 0 radical (unpaired) electrons. The van der Waals surface area contributed by atoms with Crippen molar-refractivity contribution in [3.05, 3.63) is 29.0 Å². The minimum atomic E-state index is -0.0420. The van der Waals surface area contributed by atoms with Crippen LogP contribution < -0.4 is 0 Å². The van der Waals surface area contributed by atoms with Crippen LogP contribution in [0.3, 0.4) is 0 Å². The summed E-state index contributed by atoms with van der Waals surface area (Å²) in [5.74, 6) is 0.370. The molecule has 1 unspecified atom stereocenters. The van der Waals surface area contributed by atoms with E-state index in [1.165, 1.54) is 0 Å². The van der Waals surface area contributed by atoms with Crippen LogP contribution in [0.1, 0.15) is 37.3 Å². The predicted molar refractivity (Wildman–Crippen MR) is 81.6 cm³/mol. The third-order valence-electron chi connectivity index (χ3n) is 4.03. The van der Waals surface area contributed by atoms with Crippen molar-refractivity contribution in [2.45, 2.75) is 31.6 Å². The van der Waals surface area contributed by atoms with E-state index in [4.69, 9.17) is 22.1 Å². The van der Waals surface area contributed by atoms with Crippen LogP contribution >= 0.6 is 11.6 Å². The highest BCUT2D eigenvalue weighted by atomic mass is 35.5. The van der Waals surface area contributed by atoms with Gasteiger partial charge >= 0.3 is 0 Å². The molecule has 110 valence electrons. The monoisotopic (exact) mass is 302 g/mol. The highest BCUT2D eigenvalue weighted by Gasteiger charge is 2.24. The van der Waals surface area contributed by atoms with Crippen molar-refractivity contribution in [1.29, 1.82) is 10.5 Å². The maximum atomic E-state index is 9.14. The van der Waals surface area contributed by atoms with Gasteiger partial charge in [-0.15, -0.1) is 0 Å². The normalized spacial score (nSPS) is 17.9. The van der Waals surface area contributed by atoms with Gasteiger partial charge in [-0.05, 0) is 44.5 Å². The van der Waals surface area contributed by atoms with Gasteiger partial charge in [-0.1, -0.05) is 11.6 Å². The molecule has 1 fully saturated rings. The SMILES string of the molecule is N#CCCC(C#N)CN1CCC(c2ncccc2Cl)CC1. The van der Waals surface area contributed by atoms with Crippen LogP contribution in [0.5, 0.6) is 0 Å². The second-order valence-electron chi connectivity index (χ2n) is 5.47. The lowest BCUT2D eigenvalue weighted by Crippen LogP contribution is -2.36. The Morgan fingerprint density at radius 1 is 1.38 bits per heavy atom. The molecule has 1 saturated heterocycles. The van der Waals surface area contributed by atoms with Gasteiger partial charge in [0.05, 0.1) is 28.8 Å². The lowest BCUT2D eigenvalue weighted by Gasteiger charge is -2.32. The zero-order valence-electron chi connectivity index (χ0n) is 12.0. The van der Waals surface area contributed by atoms with Gasteiger partial charge in [-0.25, -0.2) is 0 Å². The van der Waals surface area contributed by atoms with E-state index in [9.17, 15) is 0 Å². The molecule has 0 N–H and O–H groups in total. The number of likely N-dealkylation sites (tertiary alicyclic amines) is 1. The highest BCUT2D eigenvalue weighted by molar-refractivity contribution is 6.31. The summed E-state index contributed by atoms with van der Waals surface area (Å²) in [5.41, 5.74) is 1.00. The van der Waals surface area contributed by atoms with Crippen molar-refractivity contribution < 1.29 is 0 Å². The highest BCUT2D eigenvalue weighted by Crippen LogP contribution is 2.31. The summed E-state index contributed by atoms with van der Waals surface area (Å²) >= 11 is 6.21. The van der Waals surface area contributed by atoms with Gasteiger partial charge in [-0.2, -0.15) is 10.5 Å². The maximum Gasteiger partial charge on any atom is 0.0669 e. The Hall–Kier alpha value is -1.62. The topological polar surface area (TPSA) is 63.7 Å². The molecule has 21 heavy (non-hydrogen) atoms. The Balaban J connectivity index is 1.85. The first-order valence-electron chi connectivity index (χ1n) is 7.34. The fraction of sp³-hybridized carbons (Fsp3) is 0.562. The van der Waals surface area contributed by atoms with Gasteiger partial charge in [0.25, 0.3) is 0 Å². The standard InChI is InChI=1S/C16H19ClN4/c17-15-4-2-8-20-16(15)14-5-9-21(10-6-14)12-13(11-19)3-1-7-18/h2,4,8,13-14H,1,3,5-6,9-10,12H2. The first kappa shape index (κ1) is 15.8. The molecule has 0 saturated carbocycles. The number of nitriles is 2. The second kappa shape index (κ2) is 7.98. The third kappa shape index (κ3) is 4.43. The van der Waals surface area contributed by atoms with Crippen LogP contribution in [0.2, 0.25) is 5.02 Å². The van der Waals surface area contributed by atoms with Crippen molar-refractivity contribution in [1.82, 2.24) is 9.88 Å². The van der Waals surface area contributed by atoms with E-state index in [-0.39, 0.29) is 5.92 Å². The average Bonchev–Trinajstić information content (AvgIpc) is 2.52. The van der Waals surface area contributed by atoms with Gasteiger partial charge in [0.15, 0.2) is 0 Å². The molecule has 0 bridgehead atoms. The summed E-state index contributed by atoms with van der Waals surface area (Å²) in [4.78, 5) is 6.72. The van der Waals surface area contributed by atoms with E-state index < -0.39 is 0 Å². The smallest absolute Gasteiger partial charge is 0.0669 e. The number of piperidine rings is 1. The quantitative estimate of drug-likeness (QED) is 0.836. The molecule has 0 amide bonds. The van der Waals surface area contributed by atoms with Gasteiger partial charge in [0.1, 0.15) is 0 Å². The fourth-order valence-electron chi connectivity index (χ4n) is 2.83. The largest absolute Gasteiger partial charge is 0.302 e. The summed E-state index contributed by atoms with van der Waals surface area (Å²) in [6.07, 6.45) is 4.96. The van der Waals surface area contributed by atoms with E-state index >= 15 is 0 Å². The Bertz CT molecular complexity index is 538. The van der Waals surface area contributed by atoms with E-state index in [2.05, 4.69) is 22.0 Å². The van der Waals surface area contributed by atoms with Crippen LogP contribution in [0.15, 0.2) is 18.3 Å². The summed E-state index contributed by atoms with van der Waals surface area (Å²) < 4.78 is 0. The van der Waals surface area contributed by atoms with E-state index in [0.717, 1.165) is 43.2 Å². The van der Waals surface area contributed by atoms with Crippen molar-refractivity contribution in [3.63, 3.8) is 0 Å². The van der Waals surface area contributed by atoms with Crippen LogP contribution in [0.4, 0.5) is 0 Å².